The van der Waals surface area contributed by atoms with Crippen molar-refractivity contribution in [3.63, 3.8) is 0 Å². The number of benzene rings is 1. The van der Waals surface area contributed by atoms with Gasteiger partial charge in [-0.05, 0) is 87.7 Å². The van der Waals surface area contributed by atoms with Gasteiger partial charge in [-0.15, -0.1) is 12.4 Å². The molecular weight excluding hydrogens is 290 g/mol. The van der Waals surface area contributed by atoms with Gasteiger partial charge in [-0.3, -0.25) is 0 Å². The van der Waals surface area contributed by atoms with Crippen LogP contribution in [0.2, 0.25) is 0 Å². The number of fused-ring (bicyclic) bond motifs is 1. The molecule has 0 saturated carbocycles. The van der Waals surface area contributed by atoms with E-state index in [9.17, 15) is 0 Å². The molecule has 1 aromatic carbocycles. The van der Waals surface area contributed by atoms with Crippen molar-refractivity contribution in [2.75, 3.05) is 14.1 Å². The second-order valence-corrected chi connectivity index (χ2v) is 6.33. The summed E-state index contributed by atoms with van der Waals surface area (Å²) in [6, 6.07) is 7.00. The maximum absolute atomic E-state index is 2.75. The van der Waals surface area contributed by atoms with Crippen molar-refractivity contribution >= 4 is 18.0 Å². The first-order valence-electron chi connectivity index (χ1n) is 8.75. The van der Waals surface area contributed by atoms with Gasteiger partial charge in [0, 0.05) is 0 Å². The molecule has 2 heteroatoms. The van der Waals surface area contributed by atoms with E-state index in [0.717, 1.165) is 0 Å². The number of hydrogen-bond acceptors (Lipinski definition) is 1. The van der Waals surface area contributed by atoms with Crippen LogP contribution in [0.15, 0.2) is 24.3 Å². The van der Waals surface area contributed by atoms with Crippen molar-refractivity contribution in [3.8, 4) is 0 Å². The van der Waals surface area contributed by atoms with Crippen molar-refractivity contribution in [2.45, 2.75) is 64.2 Å². The molecule has 0 aliphatic heterocycles. The molecule has 0 unspecified atom stereocenters. The molecule has 0 spiro atoms. The fraction of sp³-hybridized carbons (Fsp3) is 0.600. The molecule has 0 saturated heterocycles. The zero-order valence-electron chi connectivity index (χ0n) is 14.3. The zero-order valence-corrected chi connectivity index (χ0v) is 15.1. The van der Waals surface area contributed by atoms with Gasteiger partial charge in [0.2, 0.25) is 0 Å². The van der Waals surface area contributed by atoms with Crippen LogP contribution in [-0.2, 0) is 12.8 Å². The highest BCUT2D eigenvalue weighted by Gasteiger charge is 2.15. The Morgan fingerprint density at radius 1 is 0.818 bits per heavy atom. The van der Waals surface area contributed by atoms with Crippen LogP contribution in [0.5, 0.6) is 0 Å². The highest BCUT2D eigenvalue weighted by atomic mass is 35.5. The van der Waals surface area contributed by atoms with E-state index in [2.05, 4.69) is 29.6 Å². The molecule has 0 heterocycles. The lowest BCUT2D eigenvalue weighted by atomic mass is 9.84. The molecule has 124 valence electrons. The van der Waals surface area contributed by atoms with Crippen molar-refractivity contribution < 1.29 is 0 Å². The Morgan fingerprint density at radius 3 is 2.32 bits per heavy atom. The maximum Gasteiger partial charge on any atom is -0.0167 e. The minimum Gasteiger partial charge on any atom is -0.323 e. The third-order valence-electron chi connectivity index (χ3n) is 4.53. The van der Waals surface area contributed by atoms with Gasteiger partial charge in [0.1, 0.15) is 0 Å². The van der Waals surface area contributed by atoms with Crippen LogP contribution < -0.4 is 5.32 Å². The molecule has 0 bridgehead atoms. The SMILES string of the molecule is C1=C(c2cccc3c2CCCC3)CCCCCC1.CNC.Cl. The summed E-state index contributed by atoms with van der Waals surface area (Å²) in [5, 5.41) is 2.75. The van der Waals surface area contributed by atoms with Crippen LogP contribution in [0, 0.1) is 0 Å². The van der Waals surface area contributed by atoms with Gasteiger partial charge in [-0.2, -0.15) is 0 Å². The Bertz CT molecular complexity index is 465. The number of rotatable bonds is 1. The van der Waals surface area contributed by atoms with E-state index < -0.39 is 0 Å². The summed E-state index contributed by atoms with van der Waals surface area (Å²) < 4.78 is 0. The lowest BCUT2D eigenvalue weighted by Crippen LogP contribution is -2.06. The minimum atomic E-state index is 0. The van der Waals surface area contributed by atoms with Gasteiger partial charge in [-0.25, -0.2) is 0 Å². The second kappa shape index (κ2) is 10.9. The maximum atomic E-state index is 2.75. The molecule has 1 aromatic rings. The van der Waals surface area contributed by atoms with Crippen LogP contribution in [-0.4, -0.2) is 14.1 Å². The van der Waals surface area contributed by atoms with E-state index in [1.807, 2.05) is 14.1 Å². The molecule has 3 rings (SSSR count). The summed E-state index contributed by atoms with van der Waals surface area (Å²) in [5.41, 5.74) is 6.54. The lowest BCUT2D eigenvalue weighted by molar-refractivity contribution is 0.642. The average Bonchev–Trinajstić information content (AvgIpc) is 2.47. The number of nitrogens with one attached hydrogen (secondary N) is 1. The quantitative estimate of drug-likeness (QED) is 0.714. The van der Waals surface area contributed by atoms with E-state index in [4.69, 9.17) is 0 Å². The van der Waals surface area contributed by atoms with Crippen LogP contribution >= 0.6 is 12.4 Å². The fourth-order valence-electron chi connectivity index (χ4n) is 3.52. The van der Waals surface area contributed by atoms with Gasteiger partial charge in [0.05, 0.1) is 0 Å². The average molecular weight is 322 g/mol. The summed E-state index contributed by atoms with van der Waals surface area (Å²) in [6.07, 6.45) is 16.1. The second-order valence-electron chi connectivity index (χ2n) is 6.33. The summed E-state index contributed by atoms with van der Waals surface area (Å²) in [6.45, 7) is 0. The van der Waals surface area contributed by atoms with Gasteiger partial charge in [0.15, 0.2) is 0 Å². The Kier molecular flexibility index (Phi) is 9.50. The largest absolute Gasteiger partial charge is 0.323 e. The Labute approximate surface area is 143 Å². The molecule has 1 N–H and O–H groups in total. The summed E-state index contributed by atoms with van der Waals surface area (Å²) in [4.78, 5) is 0. The van der Waals surface area contributed by atoms with E-state index >= 15 is 0 Å². The predicted molar refractivity (Wildman–Crippen MR) is 101 cm³/mol. The van der Waals surface area contributed by atoms with Gasteiger partial charge >= 0.3 is 0 Å². The first-order valence-corrected chi connectivity index (χ1v) is 8.75. The number of hydrogen-bond donors (Lipinski definition) is 1. The van der Waals surface area contributed by atoms with Crippen molar-refractivity contribution in [2.24, 2.45) is 0 Å². The van der Waals surface area contributed by atoms with E-state index in [1.165, 1.54) is 64.2 Å². The molecule has 0 aromatic heterocycles. The molecule has 0 amide bonds. The molecule has 1 nitrogen and oxygen atoms in total. The summed E-state index contributed by atoms with van der Waals surface area (Å²) >= 11 is 0. The summed E-state index contributed by atoms with van der Waals surface area (Å²) in [7, 11) is 3.75. The molecular formula is C20H32ClN. The Balaban J connectivity index is 0.000000562. The third-order valence-corrected chi connectivity index (χ3v) is 4.53. The molecule has 22 heavy (non-hydrogen) atoms. The predicted octanol–water partition coefficient (Wildman–Crippen LogP) is 5.56. The minimum absolute atomic E-state index is 0. The van der Waals surface area contributed by atoms with Crippen LogP contribution in [0.3, 0.4) is 0 Å². The van der Waals surface area contributed by atoms with Gasteiger partial charge in [-0.1, -0.05) is 37.1 Å². The first-order chi connectivity index (χ1) is 10.4. The number of aryl methyl sites for hydroxylation is 1. The van der Waals surface area contributed by atoms with Crippen molar-refractivity contribution in [1.82, 2.24) is 5.32 Å². The first kappa shape index (κ1) is 19.3. The van der Waals surface area contributed by atoms with E-state index in [0.29, 0.717) is 0 Å². The topological polar surface area (TPSA) is 12.0 Å². The third kappa shape index (κ3) is 5.44. The monoisotopic (exact) mass is 321 g/mol. The van der Waals surface area contributed by atoms with Crippen molar-refractivity contribution in [1.29, 1.82) is 0 Å². The molecule has 0 radical (unpaired) electrons. The lowest BCUT2D eigenvalue weighted by Gasteiger charge is -2.21. The Hall–Kier alpha value is -0.790. The summed E-state index contributed by atoms with van der Waals surface area (Å²) in [5.74, 6) is 0. The number of halogens is 1. The van der Waals surface area contributed by atoms with E-state index in [-0.39, 0.29) is 12.4 Å². The standard InChI is InChI=1S/C18H24.C2H7N.ClH/c1-2-4-9-15(10-5-3-1)18-14-8-12-16-11-6-7-13-17(16)18;1-3-2;/h8-9,12,14H,1-7,10-11,13H2;3H,1-2H3;1H. The highest BCUT2D eigenvalue weighted by Crippen LogP contribution is 2.32. The van der Waals surface area contributed by atoms with E-state index in [1.54, 1.807) is 22.3 Å². The molecule has 2 aliphatic carbocycles. The molecule has 0 fully saturated rings. The highest BCUT2D eigenvalue weighted by molar-refractivity contribution is 5.85. The fourth-order valence-corrected chi connectivity index (χ4v) is 3.52. The zero-order chi connectivity index (χ0) is 14.9. The molecule has 2 aliphatic rings. The molecule has 0 atom stereocenters. The van der Waals surface area contributed by atoms with Crippen LogP contribution in [0.25, 0.3) is 5.57 Å². The van der Waals surface area contributed by atoms with Gasteiger partial charge in [0.25, 0.3) is 0 Å². The van der Waals surface area contributed by atoms with Gasteiger partial charge < -0.3 is 5.32 Å². The van der Waals surface area contributed by atoms with Crippen LogP contribution in [0.4, 0.5) is 0 Å². The number of allylic oxidation sites excluding steroid dienone is 2. The van der Waals surface area contributed by atoms with Crippen molar-refractivity contribution in [3.05, 3.63) is 41.0 Å². The van der Waals surface area contributed by atoms with Crippen LogP contribution in [0.1, 0.15) is 68.1 Å². The Morgan fingerprint density at radius 2 is 1.50 bits per heavy atom. The normalized spacial score (nSPS) is 17.6. The smallest absolute Gasteiger partial charge is 0.0167 e.